The molecule has 0 amide bonds. The first-order chi connectivity index (χ1) is 11.1. The monoisotopic (exact) mass is 310 g/mol. The normalized spacial score (nSPS) is 16.0. The summed E-state index contributed by atoms with van der Waals surface area (Å²) in [5, 5.41) is 9.98. The molecule has 0 saturated carbocycles. The van der Waals surface area contributed by atoms with Crippen LogP contribution in [0.25, 0.3) is 0 Å². The van der Waals surface area contributed by atoms with Gasteiger partial charge in [0.1, 0.15) is 5.75 Å². The number of para-hydroxylation sites is 2. The molecule has 0 atom stereocenters. The fourth-order valence-corrected chi connectivity index (χ4v) is 3.14. The van der Waals surface area contributed by atoms with E-state index in [0.29, 0.717) is 11.7 Å². The number of phenols is 1. The summed E-state index contributed by atoms with van der Waals surface area (Å²) in [6.07, 6.45) is 0. The third-order valence-corrected chi connectivity index (χ3v) is 4.65. The maximum absolute atomic E-state index is 9.98. The van der Waals surface area contributed by atoms with Crippen LogP contribution in [0.5, 0.6) is 5.75 Å². The fourth-order valence-electron chi connectivity index (χ4n) is 3.14. The smallest absolute Gasteiger partial charge is 0.138 e. The zero-order valence-electron chi connectivity index (χ0n) is 14.1. The maximum Gasteiger partial charge on any atom is 0.138 e. The lowest BCUT2D eigenvalue weighted by Gasteiger charge is -2.36. The van der Waals surface area contributed by atoms with Crippen LogP contribution in [0, 0.1) is 0 Å². The Morgan fingerprint density at radius 3 is 2.17 bits per heavy atom. The molecule has 2 aromatic rings. The number of nitrogens with zero attached hydrogens (tertiary/aromatic N) is 2. The van der Waals surface area contributed by atoms with Crippen LogP contribution in [-0.2, 0) is 6.54 Å². The van der Waals surface area contributed by atoms with Crippen LogP contribution in [0.15, 0.2) is 48.5 Å². The molecule has 0 bridgehead atoms. The van der Waals surface area contributed by atoms with Crippen LogP contribution in [-0.4, -0.2) is 36.2 Å². The van der Waals surface area contributed by atoms with Gasteiger partial charge in [-0.15, -0.1) is 0 Å². The summed E-state index contributed by atoms with van der Waals surface area (Å²) >= 11 is 0. The molecular formula is C20H26N2O. The molecule has 3 heteroatoms. The number of rotatable bonds is 4. The Labute approximate surface area is 139 Å². The molecule has 1 saturated heterocycles. The summed E-state index contributed by atoms with van der Waals surface area (Å²) < 4.78 is 0. The van der Waals surface area contributed by atoms with E-state index < -0.39 is 0 Å². The number of hydrogen-bond acceptors (Lipinski definition) is 3. The summed E-state index contributed by atoms with van der Waals surface area (Å²) in [5.74, 6) is 0.969. The predicted molar refractivity (Wildman–Crippen MR) is 96.1 cm³/mol. The Balaban J connectivity index is 1.56. The zero-order chi connectivity index (χ0) is 16.2. The first-order valence-corrected chi connectivity index (χ1v) is 8.47. The highest BCUT2D eigenvalue weighted by atomic mass is 16.3. The van der Waals surface area contributed by atoms with Crippen molar-refractivity contribution in [3.8, 4) is 5.75 Å². The van der Waals surface area contributed by atoms with E-state index in [-0.39, 0.29) is 0 Å². The molecule has 1 N–H and O–H groups in total. The predicted octanol–water partition coefficient (Wildman–Crippen LogP) is 3.84. The standard InChI is InChI=1S/C20H26N2O/c1-16(2)18-9-7-17(8-10-18)15-21-11-13-22(14-12-21)19-5-3-4-6-20(19)23/h3-10,16,23H,11-15H2,1-2H3. The van der Waals surface area contributed by atoms with E-state index in [2.05, 4.69) is 47.9 Å². The van der Waals surface area contributed by atoms with Gasteiger partial charge < -0.3 is 10.0 Å². The minimum Gasteiger partial charge on any atom is -0.506 e. The summed E-state index contributed by atoms with van der Waals surface area (Å²) in [4.78, 5) is 4.76. The Kier molecular flexibility index (Phi) is 4.87. The molecule has 3 rings (SSSR count). The molecule has 1 fully saturated rings. The van der Waals surface area contributed by atoms with Gasteiger partial charge in [-0.25, -0.2) is 0 Å². The molecule has 1 heterocycles. The number of benzene rings is 2. The maximum atomic E-state index is 9.98. The number of phenolic OH excluding ortho intramolecular Hbond substituents is 1. The van der Waals surface area contributed by atoms with Gasteiger partial charge in [0.2, 0.25) is 0 Å². The summed E-state index contributed by atoms with van der Waals surface area (Å²) in [6, 6.07) is 16.6. The van der Waals surface area contributed by atoms with Crippen LogP contribution >= 0.6 is 0 Å². The molecule has 0 radical (unpaired) electrons. The SMILES string of the molecule is CC(C)c1ccc(CN2CCN(c3ccccc3O)CC2)cc1. The van der Waals surface area contributed by atoms with Gasteiger partial charge in [0.25, 0.3) is 0 Å². The second-order valence-electron chi connectivity index (χ2n) is 6.65. The van der Waals surface area contributed by atoms with Crippen molar-refractivity contribution >= 4 is 5.69 Å². The van der Waals surface area contributed by atoms with Gasteiger partial charge in [0, 0.05) is 32.7 Å². The highest BCUT2D eigenvalue weighted by Gasteiger charge is 2.19. The van der Waals surface area contributed by atoms with E-state index in [4.69, 9.17) is 0 Å². The van der Waals surface area contributed by atoms with Gasteiger partial charge in [-0.2, -0.15) is 0 Å². The highest BCUT2D eigenvalue weighted by Crippen LogP contribution is 2.27. The van der Waals surface area contributed by atoms with Crippen molar-refractivity contribution in [2.24, 2.45) is 0 Å². The molecule has 23 heavy (non-hydrogen) atoms. The number of anilines is 1. The number of piperazine rings is 1. The fraction of sp³-hybridized carbons (Fsp3) is 0.400. The Bertz CT molecular complexity index is 628. The van der Waals surface area contributed by atoms with Crippen LogP contribution in [0.3, 0.4) is 0 Å². The molecule has 1 aliphatic rings. The largest absolute Gasteiger partial charge is 0.506 e. The third kappa shape index (κ3) is 3.85. The van der Waals surface area contributed by atoms with Gasteiger partial charge in [0.05, 0.1) is 5.69 Å². The zero-order valence-corrected chi connectivity index (χ0v) is 14.1. The lowest BCUT2D eigenvalue weighted by atomic mass is 10.0. The summed E-state index contributed by atoms with van der Waals surface area (Å²) in [5.41, 5.74) is 3.73. The van der Waals surface area contributed by atoms with Crippen LogP contribution < -0.4 is 4.90 Å². The minimum absolute atomic E-state index is 0.380. The van der Waals surface area contributed by atoms with E-state index in [9.17, 15) is 5.11 Å². The second-order valence-corrected chi connectivity index (χ2v) is 6.65. The van der Waals surface area contributed by atoms with Crippen LogP contribution in [0.4, 0.5) is 5.69 Å². The number of hydrogen-bond donors (Lipinski definition) is 1. The molecule has 0 spiro atoms. The minimum atomic E-state index is 0.380. The van der Waals surface area contributed by atoms with Gasteiger partial charge in [-0.1, -0.05) is 50.2 Å². The average Bonchev–Trinajstić information content (AvgIpc) is 2.57. The van der Waals surface area contributed by atoms with Gasteiger partial charge >= 0.3 is 0 Å². The molecule has 122 valence electrons. The van der Waals surface area contributed by atoms with Gasteiger partial charge in [-0.05, 0) is 29.2 Å². The molecule has 0 unspecified atom stereocenters. The van der Waals surface area contributed by atoms with Gasteiger partial charge in [-0.3, -0.25) is 4.90 Å². The Hall–Kier alpha value is -2.00. The van der Waals surface area contributed by atoms with E-state index >= 15 is 0 Å². The van der Waals surface area contributed by atoms with Crippen molar-refractivity contribution < 1.29 is 5.11 Å². The number of aromatic hydroxyl groups is 1. The lowest BCUT2D eigenvalue weighted by molar-refractivity contribution is 0.249. The first-order valence-electron chi connectivity index (χ1n) is 8.47. The van der Waals surface area contributed by atoms with Gasteiger partial charge in [0.15, 0.2) is 0 Å². The topological polar surface area (TPSA) is 26.7 Å². The van der Waals surface area contributed by atoms with E-state index in [1.807, 2.05) is 18.2 Å². The summed E-state index contributed by atoms with van der Waals surface area (Å²) in [6.45, 7) is 9.44. The van der Waals surface area contributed by atoms with Crippen molar-refractivity contribution in [3.05, 3.63) is 59.7 Å². The first kappa shape index (κ1) is 15.9. The molecule has 0 aromatic heterocycles. The van der Waals surface area contributed by atoms with Crippen molar-refractivity contribution in [2.75, 3.05) is 31.1 Å². The molecule has 0 aliphatic carbocycles. The van der Waals surface area contributed by atoms with Crippen LogP contribution in [0.2, 0.25) is 0 Å². The molecule has 1 aliphatic heterocycles. The molecule has 2 aromatic carbocycles. The van der Waals surface area contributed by atoms with Crippen molar-refractivity contribution in [2.45, 2.75) is 26.3 Å². The van der Waals surface area contributed by atoms with Crippen molar-refractivity contribution in [1.29, 1.82) is 0 Å². The summed E-state index contributed by atoms with van der Waals surface area (Å²) in [7, 11) is 0. The van der Waals surface area contributed by atoms with E-state index in [0.717, 1.165) is 38.4 Å². The molecule has 3 nitrogen and oxygen atoms in total. The van der Waals surface area contributed by atoms with Crippen molar-refractivity contribution in [3.63, 3.8) is 0 Å². The lowest BCUT2D eigenvalue weighted by Crippen LogP contribution is -2.45. The highest BCUT2D eigenvalue weighted by molar-refractivity contribution is 5.57. The Morgan fingerprint density at radius 2 is 1.57 bits per heavy atom. The van der Waals surface area contributed by atoms with E-state index in [1.165, 1.54) is 11.1 Å². The second kappa shape index (κ2) is 7.05. The Morgan fingerprint density at radius 1 is 0.913 bits per heavy atom. The third-order valence-electron chi connectivity index (χ3n) is 4.65. The average molecular weight is 310 g/mol. The van der Waals surface area contributed by atoms with Crippen molar-refractivity contribution in [1.82, 2.24) is 4.90 Å². The van der Waals surface area contributed by atoms with Crippen LogP contribution in [0.1, 0.15) is 30.9 Å². The van der Waals surface area contributed by atoms with E-state index in [1.54, 1.807) is 6.07 Å². The molecular weight excluding hydrogens is 284 g/mol. The quantitative estimate of drug-likeness (QED) is 0.929.